The van der Waals surface area contributed by atoms with E-state index in [2.05, 4.69) is 11.9 Å². The predicted molar refractivity (Wildman–Crippen MR) is 159 cm³/mol. The largest absolute Gasteiger partial charge is 0.502 e. The molecule has 1 N–H and O–H groups in total. The van der Waals surface area contributed by atoms with Gasteiger partial charge in [0.2, 0.25) is 9.84 Å². The van der Waals surface area contributed by atoms with Gasteiger partial charge in [0.15, 0.2) is 22.4 Å². The van der Waals surface area contributed by atoms with Crippen molar-refractivity contribution in [2.24, 2.45) is 0 Å². The van der Waals surface area contributed by atoms with Crippen LogP contribution >= 0.6 is 11.3 Å². The van der Waals surface area contributed by atoms with Crippen molar-refractivity contribution >= 4 is 38.2 Å². The second-order valence-corrected chi connectivity index (χ2v) is 12.7. The molecule has 0 radical (unpaired) electrons. The first-order valence-electron chi connectivity index (χ1n) is 13.5. The minimum Gasteiger partial charge on any atom is -0.502 e. The Hall–Kier alpha value is -3.90. The van der Waals surface area contributed by atoms with Crippen LogP contribution in [0.25, 0.3) is 0 Å². The lowest BCUT2D eigenvalue weighted by Crippen LogP contribution is -2.31. The number of sulfone groups is 1. The molecule has 1 unspecified atom stereocenters. The van der Waals surface area contributed by atoms with Crippen LogP contribution in [0.3, 0.4) is 0 Å². The van der Waals surface area contributed by atoms with E-state index in [1.165, 1.54) is 26.4 Å². The Morgan fingerprint density at radius 3 is 2.40 bits per heavy atom. The van der Waals surface area contributed by atoms with Crippen LogP contribution in [0.15, 0.2) is 58.0 Å². The average Bonchev–Trinajstić information content (AvgIpc) is 3.49. The summed E-state index contributed by atoms with van der Waals surface area (Å²) in [5.74, 6) is -1.75. The van der Waals surface area contributed by atoms with Crippen molar-refractivity contribution in [1.82, 2.24) is 4.98 Å². The van der Waals surface area contributed by atoms with Gasteiger partial charge in [0, 0.05) is 0 Å². The molecule has 2 heterocycles. The number of unbranched alkanes of at least 4 members (excludes halogenated alkanes) is 3. The molecule has 1 atom stereocenters. The van der Waals surface area contributed by atoms with Gasteiger partial charge in [-0.3, -0.25) is 9.69 Å². The number of benzene rings is 2. The summed E-state index contributed by atoms with van der Waals surface area (Å²) in [7, 11) is -1.68. The monoisotopic (exact) mass is 614 g/mol. The van der Waals surface area contributed by atoms with Gasteiger partial charge in [0.1, 0.15) is 15.8 Å². The first-order chi connectivity index (χ1) is 20.0. The topological polar surface area (TPSA) is 132 Å². The van der Waals surface area contributed by atoms with Gasteiger partial charge in [0.05, 0.1) is 31.4 Å². The van der Waals surface area contributed by atoms with Crippen molar-refractivity contribution in [2.75, 3.05) is 25.7 Å². The van der Waals surface area contributed by atoms with Crippen LogP contribution in [0, 0.1) is 13.8 Å². The number of nitrogens with zero attached hydrogens (tertiary/aromatic N) is 2. The molecule has 1 aromatic heterocycles. The van der Waals surface area contributed by atoms with Crippen molar-refractivity contribution < 1.29 is 37.3 Å². The summed E-state index contributed by atoms with van der Waals surface area (Å²) in [6.07, 6.45) is 4.10. The molecule has 0 saturated carbocycles. The number of aryl methyl sites for hydroxylation is 2. The molecule has 2 aromatic carbocycles. The molecule has 0 bridgehead atoms. The van der Waals surface area contributed by atoms with Gasteiger partial charge >= 0.3 is 5.97 Å². The number of aliphatic hydroxyl groups is 1. The van der Waals surface area contributed by atoms with Gasteiger partial charge in [-0.15, -0.1) is 0 Å². The minimum atomic E-state index is -4.37. The quantitative estimate of drug-likeness (QED) is 0.197. The van der Waals surface area contributed by atoms with E-state index in [0.717, 1.165) is 47.5 Å². The molecular weight excluding hydrogens is 580 g/mol. The van der Waals surface area contributed by atoms with Crippen LogP contribution in [-0.4, -0.2) is 51.2 Å². The summed E-state index contributed by atoms with van der Waals surface area (Å²) in [5.41, 5.74) is 1.48. The number of ether oxygens (including phenoxy) is 3. The number of amides is 1. The molecule has 4 rings (SSSR count). The van der Waals surface area contributed by atoms with E-state index in [1.54, 1.807) is 37.3 Å². The van der Waals surface area contributed by atoms with Gasteiger partial charge in [-0.05, 0) is 50.1 Å². The number of rotatable bonds is 12. The summed E-state index contributed by atoms with van der Waals surface area (Å²) >= 11 is 0.866. The van der Waals surface area contributed by atoms with Crippen LogP contribution in [0.2, 0.25) is 0 Å². The Bertz CT molecular complexity index is 1610. The molecule has 0 fully saturated rings. The highest BCUT2D eigenvalue weighted by Gasteiger charge is 2.49. The van der Waals surface area contributed by atoms with E-state index in [0.29, 0.717) is 29.4 Å². The number of carbonyl (C=O) groups is 2. The number of thiazole rings is 1. The van der Waals surface area contributed by atoms with E-state index in [4.69, 9.17) is 14.2 Å². The number of aliphatic hydroxyl groups excluding tert-OH is 1. The van der Waals surface area contributed by atoms with Crippen molar-refractivity contribution in [1.29, 1.82) is 0 Å². The molecule has 3 aromatic rings. The van der Waals surface area contributed by atoms with Crippen LogP contribution in [-0.2, 0) is 19.4 Å². The third kappa shape index (κ3) is 6.00. The van der Waals surface area contributed by atoms with Crippen LogP contribution < -0.4 is 14.4 Å². The molecule has 1 amide bonds. The highest BCUT2D eigenvalue weighted by molar-refractivity contribution is 7.95. The highest BCUT2D eigenvalue weighted by Crippen LogP contribution is 2.47. The van der Waals surface area contributed by atoms with Gasteiger partial charge in [-0.1, -0.05) is 61.3 Å². The molecule has 0 aliphatic carbocycles. The fourth-order valence-electron chi connectivity index (χ4n) is 4.65. The Labute approximate surface area is 249 Å². The lowest BCUT2D eigenvalue weighted by Gasteiger charge is -2.25. The van der Waals surface area contributed by atoms with E-state index in [-0.39, 0.29) is 14.9 Å². The van der Waals surface area contributed by atoms with Gasteiger partial charge in [-0.25, -0.2) is 18.2 Å². The van der Waals surface area contributed by atoms with Crippen LogP contribution in [0.1, 0.15) is 65.1 Å². The SMILES string of the molecule is CCCCCCOc1ccc(C2C(S(=O)(=O)c3ccc(C)cc3)=C(O)C(=O)N2c2nc(C)c(C(=O)OC)s2)cc1OC. The Morgan fingerprint density at radius 1 is 1.05 bits per heavy atom. The molecule has 0 spiro atoms. The number of hydrogen-bond acceptors (Lipinski definition) is 10. The number of hydrogen-bond donors (Lipinski definition) is 1. The standard InChI is InChI=1S/C30H34N2O8S2/c1-6-7-8-9-16-40-22-15-12-20(17-23(22)38-4)24-27(42(36,37)21-13-10-18(2)11-14-21)25(33)28(34)32(24)30-31-19(3)26(41-30)29(35)39-5/h10-15,17,24,33H,6-9,16H2,1-5H3. The molecule has 10 nitrogen and oxygen atoms in total. The first kappa shape index (κ1) is 31.0. The number of methoxy groups -OCH3 is 2. The van der Waals surface area contributed by atoms with E-state index >= 15 is 0 Å². The Morgan fingerprint density at radius 2 is 1.76 bits per heavy atom. The number of anilines is 1. The number of esters is 1. The van der Waals surface area contributed by atoms with Crippen molar-refractivity contribution in [3.8, 4) is 11.5 Å². The van der Waals surface area contributed by atoms with E-state index < -0.39 is 38.4 Å². The molecular formula is C30H34N2O8S2. The zero-order valence-corrected chi connectivity index (χ0v) is 25.8. The van der Waals surface area contributed by atoms with Gasteiger partial charge in [0.25, 0.3) is 5.91 Å². The molecule has 224 valence electrons. The molecule has 12 heteroatoms. The van der Waals surface area contributed by atoms with Gasteiger partial charge < -0.3 is 19.3 Å². The second-order valence-electron chi connectivity index (χ2n) is 9.83. The van der Waals surface area contributed by atoms with E-state index in [9.17, 15) is 23.1 Å². The van der Waals surface area contributed by atoms with Crippen LogP contribution in [0.5, 0.6) is 11.5 Å². The summed E-state index contributed by atoms with van der Waals surface area (Å²) in [6.45, 7) is 6.00. The summed E-state index contributed by atoms with van der Waals surface area (Å²) in [4.78, 5) is 30.9. The zero-order chi connectivity index (χ0) is 30.6. The number of aromatic nitrogens is 1. The summed E-state index contributed by atoms with van der Waals surface area (Å²) in [5, 5.41) is 11.1. The van der Waals surface area contributed by atoms with Crippen LogP contribution in [0.4, 0.5) is 5.13 Å². The van der Waals surface area contributed by atoms with Crippen molar-refractivity contribution in [3.63, 3.8) is 0 Å². The highest BCUT2D eigenvalue weighted by atomic mass is 32.2. The first-order valence-corrected chi connectivity index (χ1v) is 15.8. The Balaban J connectivity index is 1.84. The van der Waals surface area contributed by atoms with Crippen molar-refractivity contribution in [2.45, 2.75) is 57.4 Å². The molecule has 0 saturated heterocycles. The normalized spacial score (nSPS) is 15.3. The molecule has 42 heavy (non-hydrogen) atoms. The van der Waals surface area contributed by atoms with E-state index in [1.807, 2.05) is 6.92 Å². The average molecular weight is 615 g/mol. The van der Waals surface area contributed by atoms with Crippen molar-refractivity contribution in [3.05, 3.63) is 74.8 Å². The smallest absolute Gasteiger partial charge is 0.350 e. The zero-order valence-electron chi connectivity index (χ0n) is 24.2. The van der Waals surface area contributed by atoms with Gasteiger partial charge in [-0.2, -0.15) is 0 Å². The summed E-state index contributed by atoms with van der Waals surface area (Å²) < 4.78 is 44.3. The molecule has 1 aliphatic rings. The fourth-order valence-corrected chi connectivity index (χ4v) is 7.29. The third-order valence-electron chi connectivity index (χ3n) is 6.90. The maximum Gasteiger partial charge on any atom is 0.350 e. The maximum absolute atomic E-state index is 14.0. The minimum absolute atomic E-state index is 0.0266. The maximum atomic E-state index is 14.0. The predicted octanol–water partition coefficient (Wildman–Crippen LogP) is 5.85. The fraction of sp³-hybridized carbons (Fsp3) is 0.367. The lowest BCUT2D eigenvalue weighted by molar-refractivity contribution is -0.117. The third-order valence-corrected chi connectivity index (χ3v) is 9.93. The molecule has 1 aliphatic heterocycles. The lowest BCUT2D eigenvalue weighted by atomic mass is 10.1. The summed E-state index contributed by atoms with van der Waals surface area (Å²) in [6, 6.07) is 9.66. The Kier molecular flexibility index (Phi) is 9.57. The second kappa shape index (κ2) is 13.0. The number of carbonyl (C=O) groups excluding carboxylic acids is 2.